The van der Waals surface area contributed by atoms with Crippen molar-refractivity contribution < 1.29 is 28.8 Å². The third kappa shape index (κ3) is 8.18. The van der Waals surface area contributed by atoms with Gasteiger partial charge >= 0.3 is 0 Å². The minimum atomic E-state index is -0.836. The molecule has 0 aromatic carbocycles. The van der Waals surface area contributed by atoms with Gasteiger partial charge in [0.25, 0.3) is 11.8 Å². The van der Waals surface area contributed by atoms with Gasteiger partial charge in [0.05, 0.1) is 11.7 Å². The molecule has 2 atom stereocenters. The van der Waals surface area contributed by atoms with E-state index in [1.807, 2.05) is 0 Å². The smallest absolute Gasteiger partial charge is 0.256 e. The molecular weight excluding hydrogens is 391 g/mol. The molecule has 0 saturated carbocycles. The summed E-state index contributed by atoms with van der Waals surface area (Å²) in [7, 11) is 5.06. The van der Waals surface area contributed by atoms with Gasteiger partial charge in [-0.2, -0.15) is 0 Å². The quantitative estimate of drug-likeness (QED) is 0.204. The Balaban J connectivity index is 2.16. The van der Waals surface area contributed by atoms with Crippen molar-refractivity contribution >= 4 is 43.1 Å². The van der Waals surface area contributed by atoms with Crippen molar-refractivity contribution in [2.24, 2.45) is 0 Å². The van der Waals surface area contributed by atoms with Gasteiger partial charge in [0.1, 0.15) is 6.04 Å². The van der Waals surface area contributed by atoms with Crippen LogP contribution in [0.4, 0.5) is 0 Å². The second kappa shape index (κ2) is 11.9. The molecule has 3 N–H and O–H groups in total. The molecule has 0 aromatic heterocycles. The highest BCUT2D eigenvalue weighted by molar-refractivity contribution is 6.59. The molecule has 0 fully saturated rings. The number of unbranched alkanes of at least 4 members (excludes halogenated alkanes) is 1. The first kappa shape index (κ1) is 25.1. The zero-order chi connectivity index (χ0) is 22.8. The summed E-state index contributed by atoms with van der Waals surface area (Å²) >= 11 is 0. The maximum absolute atomic E-state index is 11.9. The number of nitrogens with one attached hydrogen (secondary N) is 3. The molecule has 162 valence electrons. The zero-order valence-electron chi connectivity index (χ0n) is 17.4. The summed E-state index contributed by atoms with van der Waals surface area (Å²) in [6.45, 7) is 4.76. The van der Waals surface area contributed by atoms with E-state index in [2.05, 4.69) is 16.0 Å². The van der Waals surface area contributed by atoms with Gasteiger partial charge in [-0.15, -0.1) is 0 Å². The van der Waals surface area contributed by atoms with E-state index in [0.29, 0.717) is 18.4 Å². The molecule has 2 radical (unpaired) electrons. The SMILES string of the molecule is [B]C(=O)[C@H](C)NC(=O)[C@H](C)NC(=O)CCCCC(=O)NCCN1C(=O)C=C(C)C1=O. The number of imide groups is 1. The van der Waals surface area contributed by atoms with E-state index in [9.17, 15) is 28.8 Å². The van der Waals surface area contributed by atoms with Crippen LogP contribution in [0.15, 0.2) is 11.6 Å². The lowest BCUT2D eigenvalue weighted by Gasteiger charge is -2.17. The number of amides is 5. The third-order valence-corrected chi connectivity index (χ3v) is 4.46. The van der Waals surface area contributed by atoms with Crippen LogP contribution < -0.4 is 16.0 Å². The Morgan fingerprint density at radius 2 is 1.60 bits per heavy atom. The van der Waals surface area contributed by atoms with Crippen LogP contribution in [0.2, 0.25) is 0 Å². The fraction of sp³-hybridized carbons (Fsp3) is 0.579. The van der Waals surface area contributed by atoms with E-state index < -0.39 is 23.7 Å². The molecule has 0 unspecified atom stereocenters. The van der Waals surface area contributed by atoms with Crippen molar-refractivity contribution in [2.45, 2.75) is 58.5 Å². The van der Waals surface area contributed by atoms with Crippen LogP contribution in [0.1, 0.15) is 46.5 Å². The minimum Gasteiger partial charge on any atom is -0.354 e. The Morgan fingerprint density at radius 3 is 2.13 bits per heavy atom. The molecule has 1 rings (SSSR count). The lowest BCUT2D eigenvalue weighted by molar-refractivity contribution is -0.137. The fourth-order valence-electron chi connectivity index (χ4n) is 2.60. The first-order valence-corrected chi connectivity index (χ1v) is 9.72. The van der Waals surface area contributed by atoms with E-state index in [0.717, 1.165) is 4.90 Å². The summed E-state index contributed by atoms with van der Waals surface area (Å²) in [5.74, 6) is -1.85. The van der Waals surface area contributed by atoms with Gasteiger partial charge in [0.15, 0.2) is 7.85 Å². The highest BCUT2D eigenvalue weighted by Gasteiger charge is 2.27. The van der Waals surface area contributed by atoms with Gasteiger partial charge in [-0.3, -0.25) is 28.9 Å². The predicted molar refractivity (Wildman–Crippen MR) is 108 cm³/mol. The van der Waals surface area contributed by atoms with Crippen LogP contribution >= 0.6 is 0 Å². The standard InChI is InChI=1S/C19H27BN4O6/c1-11-10-16(27)24(19(11)30)9-8-21-14(25)6-4-5-7-15(26)22-13(3)18(29)23-12(2)17(20)28/h10,12-13H,4-9H2,1-3H3,(H,21,25)(H,22,26)(H,23,29)/t12-,13-/m0/s1. The summed E-state index contributed by atoms with van der Waals surface area (Å²) in [6, 6.07) is -1.66. The average Bonchev–Trinajstić information content (AvgIpc) is 2.90. The van der Waals surface area contributed by atoms with Gasteiger partial charge < -0.3 is 20.7 Å². The zero-order valence-corrected chi connectivity index (χ0v) is 17.4. The molecule has 1 aliphatic rings. The van der Waals surface area contributed by atoms with Crippen LogP contribution in [0.5, 0.6) is 0 Å². The van der Waals surface area contributed by atoms with Gasteiger partial charge in [-0.05, 0) is 33.6 Å². The largest absolute Gasteiger partial charge is 0.354 e. The second-order valence-corrected chi connectivity index (χ2v) is 7.10. The topological polar surface area (TPSA) is 142 Å². The molecule has 0 aromatic rings. The van der Waals surface area contributed by atoms with Crippen molar-refractivity contribution in [3.8, 4) is 0 Å². The van der Waals surface area contributed by atoms with Gasteiger partial charge in [0.2, 0.25) is 17.7 Å². The van der Waals surface area contributed by atoms with Crippen molar-refractivity contribution in [3.05, 3.63) is 11.6 Å². The molecule has 10 nitrogen and oxygen atoms in total. The number of carbonyl (C=O) groups is 6. The van der Waals surface area contributed by atoms with Crippen LogP contribution in [0, 0.1) is 0 Å². The molecule has 11 heteroatoms. The summed E-state index contributed by atoms with van der Waals surface area (Å²) < 4.78 is 0. The number of nitrogens with zero attached hydrogens (tertiary/aromatic N) is 1. The lowest BCUT2D eigenvalue weighted by atomic mass is 9.96. The monoisotopic (exact) mass is 418 g/mol. The van der Waals surface area contributed by atoms with Crippen LogP contribution in [0.25, 0.3) is 0 Å². The Bertz CT molecular complexity index is 751. The molecule has 0 bridgehead atoms. The van der Waals surface area contributed by atoms with Gasteiger partial charge in [0, 0.05) is 37.6 Å². The van der Waals surface area contributed by atoms with Crippen molar-refractivity contribution in [2.75, 3.05) is 13.1 Å². The molecule has 1 heterocycles. The van der Waals surface area contributed by atoms with Crippen LogP contribution in [-0.2, 0) is 28.8 Å². The molecule has 1 aliphatic heterocycles. The molecule has 0 aliphatic carbocycles. The van der Waals surface area contributed by atoms with E-state index in [1.54, 1.807) is 6.92 Å². The highest BCUT2D eigenvalue weighted by Crippen LogP contribution is 2.10. The highest BCUT2D eigenvalue weighted by atomic mass is 16.2. The molecule has 0 saturated heterocycles. The number of hydrogen-bond acceptors (Lipinski definition) is 6. The summed E-state index contributed by atoms with van der Waals surface area (Å²) in [5.41, 5.74) is -0.302. The van der Waals surface area contributed by atoms with Crippen molar-refractivity contribution in [3.63, 3.8) is 0 Å². The van der Waals surface area contributed by atoms with Crippen LogP contribution in [0.3, 0.4) is 0 Å². The predicted octanol–water partition coefficient (Wildman–Crippen LogP) is -1.32. The van der Waals surface area contributed by atoms with Crippen molar-refractivity contribution in [1.29, 1.82) is 0 Å². The maximum atomic E-state index is 11.9. The fourth-order valence-corrected chi connectivity index (χ4v) is 2.60. The number of rotatable bonds is 12. The van der Waals surface area contributed by atoms with Crippen LogP contribution in [-0.4, -0.2) is 73.1 Å². The maximum Gasteiger partial charge on any atom is 0.256 e. The minimum absolute atomic E-state index is 0.105. The molecule has 5 amide bonds. The average molecular weight is 418 g/mol. The Hall–Kier alpha value is -2.98. The van der Waals surface area contributed by atoms with E-state index in [4.69, 9.17) is 7.85 Å². The van der Waals surface area contributed by atoms with E-state index >= 15 is 0 Å². The summed E-state index contributed by atoms with van der Waals surface area (Å²) in [5, 5.41) is 7.52. The number of hydrogen-bond donors (Lipinski definition) is 3. The Labute approximate surface area is 176 Å². The summed E-state index contributed by atoms with van der Waals surface area (Å²) in [6.07, 6.45) is 2.49. The van der Waals surface area contributed by atoms with Gasteiger partial charge in [-0.1, -0.05) is 0 Å². The number of carbonyl (C=O) groups excluding carboxylic acids is 6. The molecular formula is C19H27BN4O6. The normalized spacial score (nSPS) is 15.3. The Kier molecular flexibility index (Phi) is 9.93. The van der Waals surface area contributed by atoms with E-state index in [1.165, 1.54) is 19.9 Å². The van der Waals surface area contributed by atoms with E-state index in [-0.39, 0.29) is 49.6 Å². The second-order valence-electron chi connectivity index (χ2n) is 7.10. The van der Waals surface area contributed by atoms with Gasteiger partial charge in [-0.25, -0.2) is 0 Å². The van der Waals surface area contributed by atoms with Crippen molar-refractivity contribution in [1.82, 2.24) is 20.9 Å². The first-order chi connectivity index (χ1) is 14.0. The molecule has 30 heavy (non-hydrogen) atoms. The first-order valence-electron chi connectivity index (χ1n) is 9.72. The lowest BCUT2D eigenvalue weighted by Crippen LogP contribution is -2.49. The third-order valence-electron chi connectivity index (χ3n) is 4.46. The summed E-state index contributed by atoms with van der Waals surface area (Å²) in [4.78, 5) is 70.8. The Morgan fingerprint density at radius 1 is 1.00 bits per heavy atom. The molecule has 0 spiro atoms.